The van der Waals surface area contributed by atoms with Crippen LogP contribution < -0.4 is 5.32 Å². The molecule has 1 unspecified atom stereocenters. The molecule has 0 bridgehead atoms. The van der Waals surface area contributed by atoms with Crippen molar-refractivity contribution < 1.29 is 4.79 Å². The summed E-state index contributed by atoms with van der Waals surface area (Å²) in [6.07, 6.45) is 0. The van der Waals surface area contributed by atoms with Gasteiger partial charge in [0.2, 0.25) is 0 Å². The monoisotopic (exact) mass is 257 g/mol. The average Bonchev–Trinajstić information content (AvgIpc) is 2.74. The quantitative estimate of drug-likeness (QED) is 0.820. The van der Waals surface area contributed by atoms with Crippen LogP contribution in [0.4, 0.5) is 0 Å². The molecule has 4 heteroatoms. The van der Waals surface area contributed by atoms with Gasteiger partial charge in [-0.05, 0) is 19.9 Å². The third-order valence-corrected chi connectivity index (χ3v) is 3.87. The molecule has 1 aromatic heterocycles. The summed E-state index contributed by atoms with van der Waals surface area (Å²) < 4.78 is 0. The zero-order chi connectivity index (χ0) is 13.4. The number of nitrogens with zero attached hydrogens (tertiary/aromatic N) is 1. The van der Waals surface area contributed by atoms with E-state index in [1.807, 2.05) is 36.1 Å². The molecule has 1 atom stereocenters. The molecule has 0 radical (unpaired) electrons. The van der Waals surface area contributed by atoms with E-state index in [0.29, 0.717) is 0 Å². The predicted molar refractivity (Wildman–Crippen MR) is 76.4 cm³/mol. The fourth-order valence-corrected chi connectivity index (χ4v) is 2.84. The second-order valence-electron chi connectivity index (χ2n) is 5.22. The minimum Gasteiger partial charge on any atom is -0.358 e. The highest BCUT2D eigenvalue weighted by Gasteiger charge is 2.27. The number of H-pyrrole nitrogens is 1. The van der Waals surface area contributed by atoms with E-state index in [1.165, 1.54) is 0 Å². The Morgan fingerprint density at radius 2 is 2.16 bits per heavy atom. The van der Waals surface area contributed by atoms with E-state index < -0.39 is 0 Å². The highest BCUT2D eigenvalue weighted by atomic mass is 16.2. The van der Waals surface area contributed by atoms with Crippen LogP contribution in [0.3, 0.4) is 0 Å². The lowest BCUT2D eigenvalue weighted by Crippen LogP contribution is -2.52. The predicted octanol–water partition coefficient (Wildman–Crippen LogP) is 1.91. The van der Waals surface area contributed by atoms with E-state index in [-0.39, 0.29) is 11.9 Å². The van der Waals surface area contributed by atoms with Crippen LogP contribution in [0.15, 0.2) is 24.3 Å². The van der Waals surface area contributed by atoms with Crippen LogP contribution in [0.2, 0.25) is 0 Å². The van der Waals surface area contributed by atoms with Gasteiger partial charge in [0.25, 0.3) is 5.91 Å². The van der Waals surface area contributed by atoms with Gasteiger partial charge in [0.05, 0.1) is 5.56 Å². The van der Waals surface area contributed by atoms with Gasteiger partial charge in [0, 0.05) is 42.3 Å². The fraction of sp³-hybridized carbons (Fsp3) is 0.400. The number of fused-ring (bicyclic) bond motifs is 1. The normalized spacial score (nSPS) is 19.9. The first-order valence-electron chi connectivity index (χ1n) is 6.77. The Morgan fingerprint density at radius 3 is 2.95 bits per heavy atom. The molecule has 2 N–H and O–H groups in total. The summed E-state index contributed by atoms with van der Waals surface area (Å²) in [5.41, 5.74) is 2.81. The maximum absolute atomic E-state index is 12.8. The molecule has 2 heterocycles. The topological polar surface area (TPSA) is 48.1 Å². The number of carbonyl (C=O) groups is 1. The highest BCUT2D eigenvalue weighted by Crippen LogP contribution is 2.24. The molecule has 4 nitrogen and oxygen atoms in total. The summed E-state index contributed by atoms with van der Waals surface area (Å²) in [5.74, 6) is 0.143. The second kappa shape index (κ2) is 4.70. The van der Waals surface area contributed by atoms with Crippen LogP contribution >= 0.6 is 0 Å². The van der Waals surface area contributed by atoms with Crippen molar-refractivity contribution in [3.8, 4) is 0 Å². The number of amides is 1. The number of rotatable bonds is 1. The minimum absolute atomic E-state index is 0.143. The highest BCUT2D eigenvalue weighted by molar-refractivity contribution is 6.08. The van der Waals surface area contributed by atoms with Crippen LogP contribution in [-0.4, -0.2) is 41.5 Å². The van der Waals surface area contributed by atoms with E-state index in [4.69, 9.17) is 0 Å². The van der Waals surface area contributed by atoms with Crippen LogP contribution in [0, 0.1) is 6.92 Å². The van der Waals surface area contributed by atoms with Gasteiger partial charge in [-0.15, -0.1) is 0 Å². The van der Waals surface area contributed by atoms with Crippen LogP contribution in [0.1, 0.15) is 23.0 Å². The van der Waals surface area contributed by atoms with Crippen molar-refractivity contribution in [2.24, 2.45) is 0 Å². The van der Waals surface area contributed by atoms with E-state index in [2.05, 4.69) is 17.2 Å². The zero-order valence-electron chi connectivity index (χ0n) is 11.4. The van der Waals surface area contributed by atoms with Gasteiger partial charge < -0.3 is 15.2 Å². The van der Waals surface area contributed by atoms with Gasteiger partial charge in [0.1, 0.15) is 0 Å². The Kier molecular flexibility index (Phi) is 3.03. The fourth-order valence-electron chi connectivity index (χ4n) is 2.84. The summed E-state index contributed by atoms with van der Waals surface area (Å²) in [6.45, 7) is 6.58. The first-order chi connectivity index (χ1) is 9.18. The summed E-state index contributed by atoms with van der Waals surface area (Å²) in [6, 6.07) is 8.24. The molecule has 2 aromatic rings. The largest absolute Gasteiger partial charge is 0.358 e. The average molecular weight is 257 g/mol. The molecule has 0 spiro atoms. The van der Waals surface area contributed by atoms with E-state index in [1.54, 1.807) is 0 Å². The lowest BCUT2D eigenvalue weighted by atomic mass is 10.1. The molecule has 1 fully saturated rings. The maximum atomic E-state index is 12.8. The molecule has 1 aliphatic heterocycles. The molecule has 19 heavy (non-hydrogen) atoms. The van der Waals surface area contributed by atoms with Gasteiger partial charge in [-0.1, -0.05) is 18.2 Å². The van der Waals surface area contributed by atoms with E-state index in [9.17, 15) is 4.79 Å². The van der Waals surface area contributed by atoms with Crippen molar-refractivity contribution in [1.29, 1.82) is 0 Å². The summed E-state index contributed by atoms with van der Waals surface area (Å²) in [5, 5.41) is 4.34. The summed E-state index contributed by atoms with van der Waals surface area (Å²) in [4.78, 5) is 18.1. The molecule has 1 amide bonds. The van der Waals surface area contributed by atoms with Crippen molar-refractivity contribution in [1.82, 2.24) is 15.2 Å². The van der Waals surface area contributed by atoms with Crippen molar-refractivity contribution in [3.63, 3.8) is 0 Å². The molecule has 3 rings (SSSR count). The number of hydrogen-bond donors (Lipinski definition) is 2. The number of piperazine rings is 1. The van der Waals surface area contributed by atoms with Crippen molar-refractivity contribution >= 4 is 16.8 Å². The van der Waals surface area contributed by atoms with E-state index in [0.717, 1.165) is 41.8 Å². The molecule has 1 aliphatic rings. The van der Waals surface area contributed by atoms with Gasteiger partial charge in [0.15, 0.2) is 0 Å². The molecule has 100 valence electrons. The molecule has 1 aromatic carbocycles. The number of aryl methyl sites for hydroxylation is 1. The Morgan fingerprint density at radius 1 is 1.37 bits per heavy atom. The van der Waals surface area contributed by atoms with Crippen LogP contribution in [0.5, 0.6) is 0 Å². The van der Waals surface area contributed by atoms with E-state index >= 15 is 0 Å². The van der Waals surface area contributed by atoms with Crippen LogP contribution in [0.25, 0.3) is 10.9 Å². The Hall–Kier alpha value is -1.81. The first kappa shape index (κ1) is 12.2. The maximum Gasteiger partial charge on any atom is 0.256 e. The number of hydrogen-bond acceptors (Lipinski definition) is 2. The van der Waals surface area contributed by atoms with Gasteiger partial charge in [-0.2, -0.15) is 0 Å². The summed E-state index contributed by atoms with van der Waals surface area (Å²) >= 11 is 0. The molecule has 0 aliphatic carbocycles. The third-order valence-electron chi connectivity index (χ3n) is 3.87. The molecular weight excluding hydrogens is 238 g/mol. The minimum atomic E-state index is 0.143. The number of benzene rings is 1. The third kappa shape index (κ3) is 2.02. The Labute approximate surface area is 112 Å². The number of nitrogens with one attached hydrogen (secondary N) is 2. The van der Waals surface area contributed by atoms with Crippen molar-refractivity contribution in [2.75, 3.05) is 19.6 Å². The number of aromatic nitrogens is 1. The smallest absolute Gasteiger partial charge is 0.256 e. The number of para-hydroxylation sites is 1. The zero-order valence-corrected chi connectivity index (χ0v) is 11.4. The van der Waals surface area contributed by atoms with Gasteiger partial charge in [-0.25, -0.2) is 0 Å². The SMILES string of the molecule is Cc1[nH]c2ccccc2c1C(=O)N1CCNCC1C. The Balaban J connectivity index is 2.03. The number of carbonyl (C=O) groups excluding carboxylic acids is 1. The molecule has 0 saturated carbocycles. The molecule has 1 saturated heterocycles. The molecular formula is C15H19N3O. The van der Waals surface area contributed by atoms with Gasteiger partial charge >= 0.3 is 0 Å². The van der Waals surface area contributed by atoms with Crippen molar-refractivity contribution in [3.05, 3.63) is 35.5 Å². The Bertz CT molecular complexity index is 617. The first-order valence-corrected chi connectivity index (χ1v) is 6.77. The van der Waals surface area contributed by atoms with Crippen molar-refractivity contribution in [2.45, 2.75) is 19.9 Å². The lowest BCUT2D eigenvalue weighted by Gasteiger charge is -2.34. The summed E-state index contributed by atoms with van der Waals surface area (Å²) in [7, 11) is 0. The van der Waals surface area contributed by atoms with Crippen LogP contribution in [-0.2, 0) is 0 Å². The lowest BCUT2D eigenvalue weighted by molar-refractivity contribution is 0.0657. The van der Waals surface area contributed by atoms with Gasteiger partial charge in [-0.3, -0.25) is 4.79 Å². The standard InChI is InChI=1S/C15H19N3O/c1-10-9-16-7-8-18(10)15(19)14-11(2)17-13-6-4-3-5-12(13)14/h3-6,10,16-17H,7-9H2,1-2H3. The number of aromatic amines is 1. The second-order valence-corrected chi connectivity index (χ2v) is 5.22.